The lowest BCUT2D eigenvalue weighted by atomic mass is 10.0. The topological polar surface area (TPSA) is 113 Å². The van der Waals surface area contributed by atoms with E-state index in [0.717, 1.165) is 11.6 Å². The molecule has 0 radical (unpaired) electrons. The van der Waals surface area contributed by atoms with Gasteiger partial charge in [-0.25, -0.2) is 14.4 Å². The minimum atomic E-state index is -1.23. The normalized spacial score (nSPS) is 10.5. The van der Waals surface area contributed by atoms with Gasteiger partial charge in [-0.2, -0.15) is 0 Å². The zero-order valence-corrected chi connectivity index (χ0v) is 13.7. The largest absolute Gasteiger partial charge is 0.478 e. The highest BCUT2D eigenvalue weighted by atomic mass is 16.5. The number of hydrogen-bond donors (Lipinski definition) is 3. The molecule has 2 aromatic carbocycles. The van der Waals surface area contributed by atoms with Crippen molar-refractivity contribution in [1.82, 2.24) is 5.32 Å². The Balaban J connectivity index is 1.89. The van der Waals surface area contributed by atoms with Crippen LogP contribution in [0, 0.1) is 0 Å². The Bertz CT molecular complexity index is 829. The molecule has 2 aromatic rings. The van der Waals surface area contributed by atoms with Crippen LogP contribution in [0.2, 0.25) is 0 Å². The lowest BCUT2D eigenvalue weighted by molar-refractivity contribution is 0.0695. The maximum Gasteiger partial charge on any atom is 0.407 e. The predicted molar refractivity (Wildman–Crippen MR) is 94.0 cm³/mol. The molecule has 2 rings (SSSR count). The van der Waals surface area contributed by atoms with Crippen LogP contribution in [0.25, 0.3) is 6.08 Å². The van der Waals surface area contributed by atoms with Gasteiger partial charge in [0.15, 0.2) is 0 Å². The van der Waals surface area contributed by atoms with Crippen molar-refractivity contribution in [1.29, 1.82) is 0 Å². The fourth-order valence-corrected chi connectivity index (χ4v) is 2.12. The fourth-order valence-electron chi connectivity index (χ4n) is 2.12. The number of benzene rings is 2. The molecule has 1 amide bonds. The summed E-state index contributed by atoms with van der Waals surface area (Å²) in [4.78, 5) is 33.8. The molecule has 0 spiro atoms. The monoisotopic (exact) mass is 355 g/mol. The van der Waals surface area contributed by atoms with Crippen LogP contribution < -0.4 is 5.32 Å². The van der Waals surface area contributed by atoms with Gasteiger partial charge in [-0.15, -0.1) is 0 Å². The van der Waals surface area contributed by atoms with Crippen molar-refractivity contribution in [2.45, 2.75) is 6.61 Å². The van der Waals surface area contributed by atoms with Gasteiger partial charge in [-0.3, -0.25) is 0 Å². The molecular formula is C19H17NO6. The molecule has 0 aromatic heterocycles. The average Bonchev–Trinajstić information content (AvgIpc) is 2.64. The number of rotatable bonds is 7. The Hall–Kier alpha value is -3.61. The minimum absolute atomic E-state index is 0.109. The van der Waals surface area contributed by atoms with E-state index < -0.39 is 18.0 Å². The van der Waals surface area contributed by atoms with E-state index in [2.05, 4.69) is 5.32 Å². The lowest BCUT2D eigenvalue weighted by Crippen LogP contribution is -2.24. The van der Waals surface area contributed by atoms with Crippen molar-refractivity contribution < 1.29 is 29.3 Å². The number of carboxylic acids is 2. The van der Waals surface area contributed by atoms with Gasteiger partial charge in [-0.05, 0) is 23.3 Å². The molecule has 0 aliphatic rings. The second-order valence-electron chi connectivity index (χ2n) is 5.26. The molecule has 0 heterocycles. The molecule has 0 bridgehead atoms. The molecule has 0 fully saturated rings. The molecule has 0 aliphatic carbocycles. The van der Waals surface area contributed by atoms with Crippen LogP contribution in [0.3, 0.4) is 0 Å². The smallest absolute Gasteiger partial charge is 0.407 e. The van der Waals surface area contributed by atoms with Gasteiger partial charge in [0.1, 0.15) is 6.61 Å². The van der Waals surface area contributed by atoms with Crippen LogP contribution in [-0.2, 0) is 11.3 Å². The van der Waals surface area contributed by atoms with Crippen LogP contribution in [0.15, 0.2) is 54.6 Å². The van der Waals surface area contributed by atoms with Crippen molar-refractivity contribution in [3.8, 4) is 0 Å². The Kier molecular flexibility index (Phi) is 6.50. The Morgan fingerprint density at radius 1 is 1.00 bits per heavy atom. The molecule has 0 atom stereocenters. The second-order valence-corrected chi connectivity index (χ2v) is 5.26. The van der Waals surface area contributed by atoms with E-state index in [1.54, 1.807) is 6.08 Å². The van der Waals surface area contributed by atoms with Crippen LogP contribution in [-0.4, -0.2) is 34.8 Å². The zero-order chi connectivity index (χ0) is 18.9. The third-order valence-corrected chi connectivity index (χ3v) is 3.41. The van der Waals surface area contributed by atoms with Crippen molar-refractivity contribution in [3.05, 3.63) is 76.9 Å². The van der Waals surface area contributed by atoms with Crippen LogP contribution in [0.5, 0.6) is 0 Å². The van der Waals surface area contributed by atoms with E-state index in [1.165, 1.54) is 18.2 Å². The Labute approximate surface area is 149 Å². The van der Waals surface area contributed by atoms with Gasteiger partial charge >= 0.3 is 18.0 Å². The number of carbonyl (C=O) groups is 3. The molecule has 0 saturated heterocycles. The van der Waals surface area contributed by atoms with Crippen molar-refractivity contribution in [2.24, 2.45) is 0 Å². The molecule has 0 unspecified atom stereocenters. The summed E-state index contributed by atoms with van der Waals surface area (Å²) in [7, 11) is 0. The van der Waals surface area contributed by atoms with Crippen molar-refractivity contribution >= 4 is 24.1 Å². The molecule has 26 heavy (non-hydrogen) atoms. The maximum atomic E-state index is 11.6. The summed E-state index contributed by atoms with van der Waals surface area (Å²) in [5.74, 6) is -2.44. The number of carbonyl (C=O) groups excluding carboxylic acids is 1. The molecule has 0 saturated carbocycles. The SMILES string of the molecule is O=C(NCC=Cc1ccc(C(=O)O)cc1C(=O)O)OCc1ccccc1. The number of amides is 1. The fraction of sp³-hybridized carbons (Fsp3) is 0.105. The summed E-state index contributed by atoms with van der Waals surface area (Å²) < 4.78 is 5.04. The quantitative estimate of drug-likeness (QED) is 0.704. The number of alkyl carbamates (subject to hydrolysis) is 1. The van der Waals surface area contributed by atoms with Gasteiger partial charge in [0, 0.05) is 6.54 Å². The lowest BCUT2D eigenvalue weighted by Gasteiger charge is -2.06. The second kappa shape index (κ2) is 9.03. The number of nitrogens with one attached hydrogen (secondary N) is 1. The first kappa shape index (κ1) is 18.7. The van der Waals surface area contributed by atoms with Gasteiger partial charge in [-0.1, -0.05) is 48.6 Å². The Morgan fingerprint density at radius 3 is 2.38 bits per heavy atom. The van der Waals surface area contributed by atoms with E-state index in [0.29, 0.717) is 5.56 Å². The number of carboxylic acid groups (broad SMARTS) is 2. The van der Waals surface area contributed by atoms with Gasteiger partial charge in [0.2, 0.25) is 0 Å². The number of ether oxygens (including phenoxy) is 1. The van der Waals surface area contributed by atoms with Crippen LogP contribution >= 0.6 is 0 Å². The van der Waals surface area contributed by atoms with E-state index in [-0.39, 0.29) is 24.3 Å². The number of hydrogen-bond acceptors (Lipinski definition) is 4. The van der Waals surface area contributed by atoms with E-state index in [9.17, 15) is 19.5 Å². The van der Waals surface area contributed by atoms with Crippen molar-refractivity contribution in [2.75, 3.05) is 6.54 Å². The third kappa shape index (κ3) is 5.48. The summed E-state index contributed by atoms with van der Waals surface area (Å²) in [5.41, 5.74) is 0.958. The molecule has 134 valence electrons. The summed E-state index contributed by atoms with van der Waals surface area (Å²) in [6.07, 6.45) is 2.44. The third-order valence-electron chi connectivity index (χ3n) is 3.41. The molecular weight excluding hydrogens is 338 g/mol. The Morgan fingerprint density at radius 2 is 1.73 bits per heavy atom. The predicted octanol–water partition coefficient (Wildman–Crippen LogP) is 3.02. The van der Waals surface area contributed by atoms with Crippen molar-refractivity contribution in [3.63, 3.8) is 0 Å². The summed E-state index contributed by atoms with van der Waals surface area (Å²) in [6.45, 7) is 0.281. The molecule has 7 nitrogen and oxygen atoms in total. The molecule has 7 heteroatoms. The molecule has 3 N–H and O–H groups in total. The highest BCUT2D eigenvalue weighted by Gasteiger charge is 2.12. The summed E-state index contributed by atoms with van der Waals surface area (Å²) in [5, 5.41) is 20.6. The maximum absolute atomic E-state index is 11.6. The first-order chi connectivity index (χ1) is 12.5. The van der Waals surface area contributed by atoms with Crippen LogP contribution in [0.1, 0.15) is 31.8 Å². The standard InChI is InChI=1S/C19H17NO6/c21-17(22)15-9-8-14(16(11-15)18(23)24)7-4-10-20-19(25)26-12-13-5-2-1-3-6-13/h1-9,11H,10,12H2,(H,20,25)(H,21,22)(H,23,24). The van der Waals surface area contributed by atoms with Gasteiger partial charge < -0.3 is 20.3 Å². The first-order valence-electron chi connectivity index (χ1n) is 7.69. The summed E-state index contributed by atoms with van der Waals surface area (Å²) in [6, 6.07) is 13.0. The van der Waals surface area contributed by atoms with E-state index >= 15 is 0 Å². The van der Waals surface area contributed by atoms with E-state index in [4.69, 9.17) is 9.84 Å². The van der Waals surface area contributed by atoms with Gasteiger partial charge in [0.25, 0.3) is 0 Å². The molecule has 0 aliphatic heterocycles. The van der Waals surface area contributed by atoms with E-state index in [1.807, 2.05) is 30.3 Å². The first-order valence-corrected chi connectivity index (χ1v) is 7.69. The summed E-state index contributed by atoms with van der Waals surface area (Å²) >= 11 is 0. The zero-order valence-electron chi connectivity index (χ0n) is 13.7. The van der Waals surface area contributed by atoms with Crippen LogP contribution in [0.4, 0.5) is 4.79 Å². The highest BCUT2D eigenvalue weighted by molar-refractivity contribution is 5.96. The number of aromatic carboxylic acids is 2. The average molecular weight is 355 g/mol. The minimum Gasteiger partial charge on any atom is -0.478 e. The van der Waals surface area contributed by atoms with Gasteiger partial charge in [0.05, 0.1) is 11.1 Å². The highest BCUT2D eigenvalue weighted by Crippen LogP contribution is 2.14.